The highest BCUT2D eigenvalue weighted by molar-refractivity contribution is 7.98. The molecular formula is C16H11Cl2N3S. The number of hydrogen-bond acceptors (Lipinski definition) is 4. The molecule has 0 saturated carbocycles. The van der Waals surface area contributed by atoms with Crippen LogP contribution in [0.3, 0.4) is 0 Å². The van der Waals surface area contributed by atoms with Gasteiger partial charge in [-0.25, -0.2) is 0 Å². The van der Waals surface area contributed by atoms with Crippen LogP contribution in [0.5, 0.6) is 0 Å². The highest BCUT2D eigenvalue weighted by Crippen LogP contribution is 2.28. The molecule has 0 radical (unpaired) electrons. The van der Waals surface area contributed by atoms with Gasteiger partial charge in [-0.1, -0.05) is 41.0 Å². The second-order valence-corrected chi connectivity index (χ2v) is 6.36. The predicted molar refractivity (Wildman–Crippen MR) is 91.3 cm³/mol. The molecule has 22 heavy (non-hydrogen) atoms. The summed E-state index contributed by atoms with van der Waals surface area (Å²) in [5, 5.41) is 10.6. The normalized spacial score (nSPS) is 10.6. The van der Waals surface area contributed by atoms with Gasteiger partial charge in [0.2, 0.25) is 0 Å². The fraction of sp³-hybridized carbons (Fsp3) is 0.0625. The monoisotopic (exact) mass is 347 g/mol. The molecule has 3 nitrogen and oxygen atoms in total. The molecule has 0 bridgehead atoms. The maximum absolute atomic E-state index is 6.16. The van der Waals surface area contributed by atoms with E-state index in [1.54, 1.807) is 30.2 Å². The van der Waals surface area contributed by atoms with Crippen molar-refractivity contribution in [1.82, 2.24) is 15.2 Å². The lowest BCUT2D eigenvalue weighted by Gasteiger charge is -2.05. The van der Waals surface area contributed by atoms with Gasteiger partial charge in [-0.05, 0) is 42.0 Å². The molecule has 3 aromatic rings. The number of halogens is 2. The van der Waals surface area contributed by atoms with Crippen molar-refractivity contribution in [2.75, 3.05) is 0 Å². The van der Waals surface area contributed by atoms with Crippen LogP contribution in [0.25, 0.3) is 11.3 Å². The van der Waals surface area contributed by atoms with Gasteiger partial charge >= 0.3 is 0 Å². The van der Waals surface area contributed by atoms with Gasteiger partial charge in [0.15, 0.2) is 0 Å². The van der Waals surface area contributed by atoms with E-state index in [0.29, 0.717) is 10.0 Å². The van der Waals surface area contributed by atoms with E-state index in [-0.39, 0.29) is 0 Å². The molecule has 2 aromatic heterocycles. The SMILES string of the molecule is Clc1ccc(CSc2ccc(-c3cccnc3)nn2)c(Cl)c1. The number of pyridine rings is 1. The second-order valence-electron chi connectivity index (χ2n) is 4.52. The molecule has 0 atom stereocenters. The Bertz CT molecular complexity index is 764. The molecule has 0 saturated heterocycles. The Kier molecular flexibility index (Phi) is 4.93. The summed E-state index contributed by atoms with van der Waals surface area (Å²) >= 11 is 13.6. The van der Waals surface area contributed by atoms with Crippen molar-refractivity contribution in [3.8, 4) is 11.3 Å². The summed E-state index contributed by atoms with van der Waals surface area (Å²) in [5.41, 5.74) is 2.78. The zero-order chi connectivity index (χ0) is 15.4. The molecule has 0 aliphatic carbocycles. The van der Waals surface area contributed by atoms with Gasteiger partial charge in [0.25, 0.3) is 0 Å². The topological polar surface area (TPSA) is 38.7 Å². The maximum atomic E-state index is 6.16. The highest BCUT2D eigenvalue weighted by Gasteiger charge is 2.05. The van der Waals surface area contributed by atoms with Crippen molar-refractivity contribution < 1.29 is 0 Å². The highest BCUT2D eigenvalue weighted by atomic mass is 35.5. The lowest BCUT2D eigenvalue weighted by molar-refractivity contribution is 0.934. The van der Waals surface area contributed by atoms with Crippen molar-refractivity contribution >= 4 is 35.0 Å². The first-order valence-corrected chi connectivity index (χ1v) is 8.27. The van der Waals surface area contributed by atoms with Crippen molar-refractivity contribution in [2.45, 2.75) is 10.8 Å². The zero-order valence-corrected chi connectivity index (χ0v) is 13.7. The van der Waals surface area contributed by atoms with E-state index in [1.165, 1.54) is 0 Å². The number of benzene rings is 1. The summed E-state index contributed by atoms with van der Waals surface area (Å²) in [5.74, 6) is 0.719. The van der Waals surface area contributed by atoms with Crippen LogP contribution >= 0.6 is 35.0 Å². The fourth-order valence-electron chi connectivity index (χ4n) is 1.86. The van der Waals surface area contributed by atoms with Gasteiger partial charge in [-0.15, -0.1) is 10.2 Å². The maximum Gasteiger partial charge on any atom is 0.119 e. The summed E-state index contributed by atoms with van der Waals surface area (Å²) < 4.78 is 0. The molecule has 0 spiro atoms. The lowest BCUT2D eigenvalue weighted by Crippen LogP contribution is -1.90. The molecular weight excluding hydrogens is 337 g/mol. The molecule has 1 aromatic carbocycles. The third kappa shape index (κ3) is 3.77. The van der Waals surface area contributed by atoms with Crippen LogP contribution in [-0.2, 0) is 5.75 Å². The van der Waals surface area contributed by atoms with E-state index in [1.807, 2.05) is 36.4 Å². The molecule has 6 heteroatoms. The van der Waals surface area contributed by atoms with Crippen molar-refractivity contribution in [3.63, 3.8) is 0 Å². The molecule has 2 heterocycles. The smallest absolute Gasteiger partial charge is 0.119 e. The summed E-state index contributed by atoms with van der Waals surface area (Å²) in [6.07, 6.45) is 3.50. The largest absolute Gasteiger partial charge is 0.264 e. The minimum absolute atomic E-state index is 0.638. The predicted octanol–water partition coefficient (Wildman–Crippen LogP) is 5.14. The van der Waals surface area contributed by atoms with E-state index in [0.717, 1.165) is 27.6 Å². The molecule has 110 valence electrons. The van der Waals surface area contributed by atoms with Crippen LogP contribution in [0.15, 0.2) is 59.9 Å². The van der Waals surface area contributed by atoms with Crippen LogP contribution in [-0.4, -0.2) is 15.2 Å². The Morgan fingerprint density at radius 1 is 1.00 bits per heavy atom. The summed E-state index contributed by atoms with van der Waals surface area (Å²) in [6.45, 7) is 0. The van der Waals surface area contributed by atoms with Gasteiger partial charge in [-0.3, -0.25) is 4.98 Å². The molecule has 3 rings (SSSR count). The number of nitrogens with zero attached hydrogens (tertiary/aromatic N) is 3. The third-order valence-corrected chi connectivity index (χ3v) is 4.54. The van der Waals surface area contributed by atoms with E-state index < -0.39 is 0 Å². The minimum Gasteiger partial charge on any atom is -0.264 e. The van der Waals surface area contributed by atoms with Gasteiger partial charge in [0.1, 0.15) is 5.03 Å². The van der Waals surface area contributed by atoms with Crippen LogP contribution < -0.4 is 0 Å². The standard InChI is InChI=1S/C16H11Cl2N3S/c17-13-4-3-12(14(18)8-13)10-22-16-6-5-15(20-21-16)11-2-1-7-19-9-11/h1-9H,10H2. The van der Waals surface area contributed by atoms with Crippen molar-refractivity contribution in [2.24, 2.45) is 0 Å². The second kappa shape index (κ2) is 7.09. The Balaban J connectivity index is 1.69. The zero-order valence-electron chi connectivity index (χ0n) is 11.4. The first kappa shape index (κ1) is 15.3. The van der Waals surface area contributed by atoms with Crippen LogP contribution in [0.4, 0.5) is 0 Å². The lowest BCUT2D eigenvalue weighted by atomic mass is 10.2. The molecule has 0 N–H and O–H groups in total. The number of hydrogen-bond donors (Lipinski definition) is 0. The van der Waals surface area contributed by atoms with E-state index in [2.05, 4.69) is 15.2 Å². The van der Waals surface area contributed by atoms with E-state index in [4.69, 9.17) is 23.2 Å². The van der Waals surface area contributed by atoms with Gasteiger partial charge < -0.3 is 0 Å². The molecule has 0 fully saturated rings. The van der Waals surface area contributed by atoms with Gasteiger partial charge in [0, 0.05) is 33.8 Å². The minimum atomic E-state index is 0.638. The Labute approximate surface area is 142 Å². The Morgan fingerprint density at radius 3 is 2.59 bits per heavy atom. The van der Waals surface area contributed by atoms with Crippen LogP contribution in [0.1, 0.15) is 5.56 Å². The summed E-state index contributed by atoms with van der Waals surface area (Å²) in [6, 6.07) is 13.2. The van der Waals surface area contributed by atoms with E-state index >= 15 is 0 Å². The number of thioether (sulfide) groups is 1. The van der Waals surface area contributed by atoms with Crippen molar-refractivity contribution in [1.29, 1.82) is 0 Å². The van der Waals surface area contributed by atoms with Gasteiger partial charge in [-0.2, -0.15) is 0 Å². The van der Waals surface area contributed by atoms with E-state index in [9.17, 15) is 0 Å². The Morgan fingerprint density at radius 2 is 1.91 bits per heavy atom. The quantitative estimate of drug-likeness (QED) is 0.612. The molecule has 0 aliphatic heterocycles. The summed E-state index contributed by atoms with van der Waals surface area (Å²) in [7, 11) is 0. The number of aromatic nitrogens is 3. The van der Waals surface area contributed by atoms with Crippen molar-refractivity contribution in [3.05, 3.63) is 70.5 Å². The molecule has 0 unspecified atom stereocenters. The number of rotatable bonds is 4. The first-order chi connectivity index (χ1) is 10.7. The van der Waals surface area contributed by atoms with Crippen LogP contribution in [0, 0.1) is 0 Å². The molecule has 0 amide bonds. The third-order valence-electron chi connectivity index (χ3n) is 2.99. The molecule has 0 aliphatic rings. The average Bonchev–Trinajstić information content (AvgIpc) is 2.55. The first-order valence-electron chi connectivity index (χ1n) is 6.53. The average molecular weight is 348 g/mol. The fourth-order valence-corrected chi connectivity index (χ4v) is 3.23. The Hall–Kier alpha value is -1.62. The van der Waals surface area contributed by atoms with Crippen LogP contribution in [0.2, 0.25) is 10.0 Å². The summed E-state index contributed by atoms with van der Waals surface area (Å²) in [4.78, 5) is 4.08. The van der Waals surface area contributed by atoms with Gasteiger partial charge in [0.05, 0.1) is 5.69 Å².